The van der Waals surface area contributed by atoms with Crippen molar-refractivity contribution in [3.63, 3.8) is 0 Å². The Bertz CT molecular complexity index is 884. The van der Waals surface area contributed by atoms with Crippen LogP contribution in [0.15, 0.2) is 36.5 Å². The highest BCUT2D eigenvalue weighted by Gasteiger charge is 2.23. The van der Waals surface area contributed by atoms with Gasteiger partial charge in [0.15, 0.2) is 0 Å². The SMILES string of the molecule is COc1ccc2nccc(/C=C/CC3CCN(C(=O)OCC[Si](C)(C)C)CC3)c2c1. The summed E-state index contributed by atoms with van der Waals surface area (Å²) in [5.41, 5.74) is 2.13. The van der Waals surface area contributed by atoms with Crippen LogP contribution in [0.1, 0.15) is 24.8 Å². The predicted octanol–water partition coefficient (Wildman–Crippen LogP) is 5.83. The molecule has 0 radical (unpaired) electrons. The van der Waals surface area contributed by atoms with E-state index >= 15 is 0 Å². The number of fused-ring (bicyclic) bond motifs is 1. The van der Waals surface area contributed by atoms with Crippen molar-refractivity contribution in [2.24, 2.45) is 5.92 Å². The van der Waals surface area contributed by atoms with Gasteiger partial charge in [0.2, 0.25) is 0 Å². The Morgan fingerprint density at radius 1 is 1.23 bits per heavy atom. The smallest absolute Gasteiger partial charge is 0.409 e. The number of carbonyl (C=O) groups excluding carboxylic acids is 1. The molecule has 1 amide bonds. The van der Waals surface area contributed by atoms with Crippen LogP contribution < -0.4 is 4.74 Å². The zero-order chi connectivity index (χ0) is 21.6. The molecule has 0 unspecified atom stereocenters. The van der Waals surface area contributed by atoms with Gasteiger partial charge in [-0.3, -0.25) is 4.98 Å². The number of hydrogen-bond acceptors (Lipinski definition) is 4. The van der Waals surface area contributed by atoms with Crippen molar-refractivity contribution >= 4 is 31.1 Å². The molecule has 6 heteroatoms. The van der Waals surface area contributed by atoms with Crippen molar-refractivity contribution in [3.8, 4) is 5.75 Å². The number of benzene rings is 1. The van der Waals surface area contributed by atoms with Crippen LogP contribution in [0.2, 0.25) is 25.7 Å². The number of ether oxygens (including phenoxy) is 2. The van der Waals surface area contributed by atoms with E-state index in [1.54, 1.807) is 7.11 Å². The van der Waals surface area contributed by atoms with E-state index in [9.17, 15) is 4.79 Å². The number of likely N-dealkylation sites (tertiary alicyclic amines) is 1. The van der Waals surface area contributed by atoms with Gasteiger partial charge in [0.1, 0.15) is 5.75 Å². The molecule has 1 saturated heterocycles. The Morgan fingerprint density at radius 2 is 2.00 bits per heavy atom. The molecule has 1 fully saturated rings. The van der Waals surface area contributed by atoms with Crippen LogP contribution in [0.4, 0.5) is 4.79 Å². The van der Waals surface area contributed by atoms with Crippen molar-refractivity contribution in [2.45, 2.75) is 44.9 Å². The van der Waals surface area contributed by atoms with Crippen LogP contribution in [0.5, 0.6) is 5.75 Å². The van der Waals surface area contributed by atoms with Crippen molar-refractivity contribution < 1.29 is 14.3 Å². The molecule has 0 aliphatic carbocycles. The number of carbonyl (C=O) groups is 1. The number of rotatable bonds is 7. The molecule has 1 aromatic heterocycles. The van der Waals surface area contributed by atoms with E-state index in [-0.39, 0.29) is 6.09 Å². The van der Waals surface area contributed by atoms with Crippen LogP contribution >= 0.6 is 0 Å². The second-order valence-corrected chi connectivity index (χ2v) is 14.9. The van der Waals surface area contributed by atoms with Gasteiger partial charge in [0.25, 0.3) is 0 Å². The summed E-state index contributed by atoms with van der Waals surface area (Å²) >= 11 is 0. The molecule has 1 aliphatic rings. The molecular weight excluding hydrogens is 392 g/mol. The van der Waals surface area contributed by atoms with Crippen LogP contribution in [0.25, 0.3) is 17.0 Å². The predicted molar refractivity (Wildman–Crippen MR) is 126 cm³/mol. The van der Waals surface area contributed by atoms with Gasteiger partial charge in [0.05, 0.1) is 19.2 Å². The second kappa shape index (κ2) is 10.1. The van der Waals surface area contributed by atoms with Crippen LogP contribution in [0, 0.1) is 5.92 Å². The number of aromatic nitrogens is 1. The van der Waals surface area contributed by atoms with E-state index in [0.29, 0.717) is 12.5 Å². The highest BCUT2D eigenvalue weighted by Crippen LogP contribution is 2.25. The number of hydrogen-bond donors (Lipinski definition) is 0. The minimum Gasteiger partial charge on any atom is -0.497 e. The third kappa shape index (κ3) is 6.33. The lowest BCUT2D eigenvalue weighted by Crippen LogP contribution is -2.39. The lowest BCUT2D eigenvalue weighted by atomic mass is 9.93. The molecule has 5 nitrogen and oxygen atoms in total. The first-order valence-electron chi connectivity index (χ1n) is 10.9. The van der Waals surface area contributed by atoms with E-state index in [4.69, 9.17) is 9.47 Å². The molecule has 30 heavy (non-hydrogen) atoms. The van der Waals surface area contributed by atoms with Gasteiger partial charge in [-0.2, -0.15) is 0 Å². The van der Waals surface area contributed by atoms with Crippen molar-refractivity contribution in [2.75, 3.05) is 26.8 Å². The second-order valence-electron chi connectivity index (χ2n) is 9.28. The van der Waals surface area contributed by atoms with Crippen LogP contribution in [-0.2, 0) is 4.74 Å². The molecule has 1 aliphatic heterocycles. The molecule has 162 valence electrons. The average Bonchev–Trinajstić information content (AvgIpc) is 2.73. The summed E-state index contributed by atoms with van der Waals surface area (Å²) in [4.78, 5) is 18.6. The number of nitrogens with zero attached hydrogens (tertiary/aromatic N) is 2. The fourth-order valence-corrected chi connectivity index (χ4v) is 4.41. The fraction of sp³-hybridized carbons (Fsp3) is 0.500. The molecule has 0 atom stereocenters. The summed E-state index contributed by atoms with van der Waals surface area (Å²) in [5.74, 6) is 1.45. The van der Waals surface area contributed by atoms with Gasteiger partial charge < -0.3 is 14.4 Å². The standard InChI is InChI=1S/C24H34N2O3Si/c1-28-21-8-9-23-22(18-21)20(10-13-25-23)7-5-6-19-11-14-26(15-12-19)24(27)29-16-17-30(2,3)4/h5,7-10,13,18-19H,6,11-12,14-17H2,1-4H3/b7-5+. The highest BCUT2D eigenvalue weighted by molar-refractivity contribution is 6.76. The number of amides is 1. The van der Waals surface area contributed by atoms with Crippen molar-refractivity contribution in [3.05, 3.63) is 42.1 Å². The maximum atomic E-state index is 12.3. The summed E-state index contributed by atoms with van der Waals surface area (Å²) in [7, 11) is 0.517. The normalized spacial score (nSPS) is 15.7. The van der Waals surface area contributed by atoms with Crippen molar-refractivity contribution in [1.29, 1.82) is 0 Å². The van der Waals surface area contributed by atoms with Crippen LogP contribution in [0.3, 0.4) is 0 Å². The number of methoxy groups -OCH3 is 1. The summed E-state index contributed by atoms with van der Waals surface area (Å²) in [6, 6.07) is 9.03. The van der Waals surface area contributed by atoms with Crippen molar-refractivity contribution in [1.82, 2.24) is 9.88 Å². The van der Waals surface area contributed by atoms with Gasteiger partial charge in [-0.15, -0.1) is 0 Å². The minimum atomic E-state index is -1.16. The van der Waals surface area contributed by atoms with E-state index in [2.05, 4.69) is 36.8 Å². The van der Waals surface area contributed by atoms with Gasteiger partial charge in [-0.25, -0.2) is 4.79 Å². The van der Waals surface area contributed by atoms with Gasteiger partial charge >= 0.3 is 6.09 Å². The van der Waals surface area contributed by atoms with E-state index in [0.717, 1.165) is 60.6 Å². The number of allylic oxidation sites excluding steroid dienone is 1. The van der Waals surface area contributed by atoms with Crippen LogP contribution in [-0.4, -0.2) is 50.9 Å². The Hall–Kier alpha value is -2.34. The third-order valence-corrected chi connectivity index (χ3v) is 7.40. The zero-order valence-electron chi connectivity index (χ0n) is 18.7. The zero-order valence-corrected chi connectivity index (χ0v) is 19.7. The quantitative estimate of drug-likeness (QED) is 0.522. The lowest BCUT2D eigenvalue weighted by Gasteiger charge is -2.31. The molecule has 1 aromatic carbocycles. The van der Waals surface area contributed by atoms with Gasteiger partial charge in [-0.1, -0.05) is 31.8 Å². The molecule has 0 bridgehead atoms. The highest BCUT2D eigenvalue weighted by atomic mass is 28.3. The molecule has 2 aromatic rings. The first-order chi connectivity index (χ1) is 14.4. The Morgan fingerprint density at radius 3 is 2.70 bits per heavy atom. The monoisotopic (exact) mass is 426 g/mol. The molecule has 0 N–H and O–H groups in total. The van der Waals surface area contributed by atoms with Gasteiger partial charge in [0, 0.05) is 32.7 Å². The van der Waals surface area contributed by atoms with E-state index in [1.165, 1.54) is 0 Å². The maximum Gasteiger partial charge on any atom is 0.409 e. The lowest BCUT2D eigenvalue weighted by molar-refractivity contribution is 0.0918. The topological polar surface area (TPSA) is 51.7 Å². The number of pyridine rings is 1. The minimum absolute atomic E-state index is 0.139. The molecule has 0 saturated carbocycles. The largest absolute Gasteiger partial charge is 0.497 e. The van der Waals surface area contributed by atoms with E-state index in [1.807, 2.05) is 35.4 Å². The van der Waals surface area contributed by atoms with Gasteiger partial charge in [-0.05, 0) is 61.1 Å². The van der Waals surface area contributed by atoms with E-state index < -0.39 is 8.07 Å². The first kappa shape index (κ1) is 22.3. The number of piperidine rings is 1. The molecule has 2 heterocycles. The summed E-state index contributed by atoms with van der Waals surface area (Å²) in [5, 5.41) is 1.10. The summed E-state index contributed by atoms with van der Waals surface area (Å²) in [6.07, 6.45) is 9.21. The Labute approximate surface area is 181 Å². The average molecular weight is 427 g/mol. The molecule has 3 rings (SSSR count). The Balaban J connectivity index is 1.48. The third-order valence-electron chi connectivity index (χ3n) is 5.70. The molecular formula is C24H34N2O3Si. The molecule has 0 spiro atoms. The summed E-state index contributed by atoms with van der Waals surface area (Å²) < 4.78 is 10.8. The first-order valence-corrected chi connectivity index (χ1v) is 14.6. The maximum absolute atomic E-state index is 12.3. The summed E-state index contributed by atoms with van der Waals surface area (Å²) in [6.45, 7) is 9.03. The fourth-order valence-electron chi connectivity index (χ4n) is 3.69. The Kier molecular flexibility index (Phi) is 7.53.